The second kappa shape index (κ2) is 10.7. The molecule has 182 valence electrons. The second-order valence-electron chi connectivity index (χ2n) is 11.3. The van der Waals surface area contributed by atoms with Gasteiger partial charge >= 0.3 is 0 Å². The molecule has 0 heterocycles. The second-order valence-corrected chi connectivity index (χ2v) is 11.3. The third-order valence-electron chi connectivity index (χ3n) is 8.19. The van der Waals surface area contributed by atoms with Crippen LogP contribution in [0.3, 0.4) is 0 Å². The molecule has 0 aromatic heterocycles. The zero-order valence-electron chi connectivity index (χ0n) is 21.0. The van der Waals surface area contributed by atoms with E-state index in [1.807, 2.05) is 18.2 Å². The molecule has 0 bridgehead atoms. The van der Waals surface area contributed by atoms with Gasteiger partial charge in [0.15, 0.2) is 0 Å². The summed E-state index contributed by atoms with van der Waals surface area (Å²) in [6, 6.07) is 0. The molecule has 33 heavy (non-hydrogen) atoms. The number of aliphatic hydroxyl groups is 3. The highest BCUT2D eigenvalue weighted by Gasteiger charge is 2.50. The number of aliphatic hydroxyl groups excluding tert-OH is 2. The summed E-state index contributed by atoms with van der Waals surface area (Å²) in [6.07, 6.45) is 22.6. The summed E-state index contributed by atoms with van der Waals surface area (Å²) in [4.78, 5) is 0. The number of fused-ring (bicyclic) bond motifs is 1. The molecule has 3 heteroatoms. The topological polar surface area (TPSA) is 60.7 Å². The van der Waals surface area contributed by atoms with Crippen molar-refractivity contribution in [1.82, 2.24) is 0 Å². The molecule has 3 fully saturated rings. The Morgan fingerprint density at radius 2 is 1.82 bits per heavy atom. The molecule has 0 saturated heterocycles. The van der Waals surface area contributed by atoms with Gasteiger partial charge in [-0.3, -0.25) is 0 Å². The van der Waals surface area contributed by atoms with Crippen LogP contribution in [0.4, 0.5) is 0 Å². The first-order chi connectivity index (χ1) is 15.5. The maximum atomic E-state index is 10.1. The summed E-state index contributed by atoms with van der Waals surface area (Å²) in [5.74, 6) is 1.80. The van der Waals surface area contributed by atoms with Crippen molar-refractivity contribution in [3.8, 4) is 0 Å². The minimum Gasteiger partial charge on any atom is -0.393 e. The Morgan fingerprint density at radius 1 is 1.09 bits per heavy atom. The van der Waals surface area contributed by atoms with Crippen LogP contribution in [0, 0.1) is 23.2 Å². The Balaban J connectivity index is 1.69. The molecule has 6 atom stereocenters. The average molecular weight is 453 g/mol. The quantitative estimate of drug-likeness (QED) is 0.420. The fourth-order valence-electron chi connectivity index (χ4n) is 6.40. The summed E-state index contributed by atoms with van der Waals surface area (Å²) < 4.78 is 0. The fourth-order valence-corrected chi connectivity index (χ4v) is 6.40. The fraction of sp³-hybridized carbons (Fsp3) is 0.600. The smallest absolute Gasteiger partial charge is 0.0811 e. The first kappa shape index (κ1) is 25.9. The van der Waals surface area contributed by atoms with Gasteiger partial charge in [0.2, 0.25) is 0 Å². The molecule has 0 amide bonds. The van der Waals surface area contributed by atoms with Crippen molar-refractivity contribution in [2.24, 2.45) is 23.2 Å². The summed E-state index contributed by atoms with van der Waals surface area (Å²) in [7, 11) is 0. The maximum Gasteiger partial charge on any atom is 0.0811 e. The van der Waals surface area contributed by atoms with Crippen molar-refractivity contribution < 1.29 is 15.3 Å². The molecule has 3 nitrogen and oxygen atoms in total. The molecule has 0 aromatic carbocycles. The van der Waals surface area contributed by atoms with Crippen LogP contribution in [0.25, 0.3) is 0 Å². The SMILES string of the molecule is C=C1/C(=C/C=C2\CCC[C@]3(C)[C@@H]([C@H](C)/C=C/C=C/C=C/C(C)(C)O)CC[C@@H]23)C[C@@H](O)C[C@@H]1O. The van der Waals surface area contributed by atoms with Crippen LogP contribution in [-0.4, -0.2) is 33.1 Å². The zero-order valence-corrected chi connectivity index (χ0v) is 21.0. The number of allylic oxidation sites excluding steroid dienone is 8. The molecule has 0 unspecified atom stereocenters. The van der Waals surface area contributed by atoms with E-state index in [0.717, 1.165) is 17.6 Å². The van der Waals surface area contributed by atoms with Gasteiger partial charge in [-0.25, -0.2) is 0 Å². The van der Waals surface area contributed by atoms with Crippen LogP contribution in [0.2, 0.25) is 0 Å². The van der Waals surface area contributed by atoms with Crippen LogP contribution in [0.5, 0.6) is 0 Å². The molecule has 3 saturated carbocycles. The molecule has 0 aromatic rings. The molecule has 3 aliphatic carbocycles. The average Bonchev–Trinajstić information content (AvgIpc) is 3.08. The van der Waals surface area contributed by atoms with Crippen LogP contribution in [0.1, 0.15) is 72.6 Å². The van der Waals surface area contributed by atoms with E-state index in [4.69, 9.17) is 0 Å². The van der Waals surface area contributed by atoms with E-state index in [1.54, 1.807) is 19.9 Å². The normalized spacial score (nSPS) is 37.1. The summed E-state index contributed by atoms with van der Waals surface area (Å²) >= 11 is 0. The Kier molecular flexibility index (Phi) is 8.42. The largest absolute Gasteiger partial charge is 0.393 e. The molecule has 3 N–H and O–H groups in total. The van der Waals surface area contributed by atoms with Crippen molar-refractivity contribution in [2.75, 3.05) is 0 Å². The first-order valence-electron chi connectivity index (χ1n) is 12.7. The Morgan fingerprint density at radius 3 is 2.55 bits per heavy atom. The number of hydrogen-bond acceptors (Lipinski definition) is 3. The maximum absolute atomic E-state index is 10.1. The Labute approximate surface area is 201 Å². The lowest BCUT2D eigenvalue weighted by atomic mass is 9.61. The predicted octanol–water partition coefficient (Wildman–Crippen LogP) is 6.20. The van der Waals surface area contributed by atoms with Gasteiger partial charge in [0.25, 0.3) is 0 Å². The first-order valence-corrected chi connectivity index (χ1v) is 12.7. The molecule has 0 radical (unpaired) electrons. The van der Waals surface area contributed by atoms with Gasteiger partial charge in [-0.15, -0.1) is 0 Å². The third-order valence-corrected chi connectivity index (χ3v) is 8.19. The molecule has 3 rings (SSSR count). The van der Waals surface area contributed by atoms with E-state index >= 15 is 0 Å². The zero-order chi connectivity index (χ0) is 24.2. The van der Waals surface area contributed by atoms with Gasteiger partial charge in [0, 0.05) is 6.42 Å². The van der Waals surface area contributed by atoms with Crippen molar-refractivity contribution in [3.05, 3.63) is 71.9 Å². The number of hydrogen-bond donors (Lipinski definition) is 3. The lowest BCUT2D eigenvalue weighted by molar-refractivity contribution is 0.0862. The van der Waals surface area contributed by atoms with E-state index < -0.39 is 17.8 Å². The Bertz CT molecular complexity index is 850. The van der Waals surface area contributed by atoms with Crippen LogP contribution in [-0.2, 0) is 0 Å². The van der Waals surface area contributed by atoms with Crippen LogP contribution in [0.15, 0.2) is 71.9 Å². The van der Waals surface area contributed by atoms with Crippen molar-refractivity contribution in [3.63, 3.8) is 0 Å². The van der Waals surface area contributed by atoms with E-state index in [2.05, 4.69) is 44.7 Å². The highest BCUT2D eigenvalue weighted by atomic mass is 16.3. The molecule has 3 aliphatic rings. The summed E-state index contributed by atoms with van der Waals surface area (Å²) in [6.45, 7) is 12.5. The third kappa shape index (κ3) is 6.47. The van der Waals surface area contributed by atoms with Gasteiger partial charge in [-0.05, 0) is 86.7 Å². The molecule has 0 aliphatic heterocycles. The van der Waals surface area contributed by atoms with Gasteiger partial charge in [-0.2, -0.15) is 0 Å². The lowest BCUT2D eigenvalue weighted by Gasteiger charge is -2.44. The van der Waals surface area contributed by atoms with E-state index in [9.17, 15) is 15.3 Å². The van der Waals surface area contributed by atoms with Crippen molar-refractivity contribution in [2.45, 2.75) is 90.4 Å². The highest BCUT2D eigenvalue weighted by molar-refractivity contribution is 5.38. The molecular weight excluding hydrogens is 408 g/mol. The number of rotatable bonds is 6. The van der Waals surface area contributed by atoms with Crippen molar-refractivity contribution in [1.29, 1.82) is 0 Å². The minimum absolute atomic E-state index is 0.319. The molecular formula is C30H44O3. The van der Waals surface area contributed by atoms with Crippen molar-refractivity contribution >= 4 is 0 Å². The lowest BCUT2D eigenvalue weighted by Crippen LogP contribution is -2.35. The monoisotopic (exact) mass is 452 g/mol. The van der Waals surface area contributed by atoms with Gasteiger partial charge < -0.3 is 15.3 Å². The Hall–Kier alpha value is -1.68. The van der Waals surface area contributed by atoms with Gasteiger partial charge in [0.1, 0.15) is 0 Å². The summed E-state index contributed by atoms with van der Waals surface area (Å²) in [5.41, 5.74) is 2.84. The standard InChI is InChI=1S/C30H44O3/c1-21(11-8-6-7-9-17-29(3,4)33)26-15-16-27-23(12-10-18-30(26,27)5)13-14-24-19-25(31)20-28(32)22(24)2/h6-9,11,13-14,17,21,25-28,31-33H,2,10,12,15-16,18-20H2,1,3-5H3/b7-6+,11-8+,17-9+,23-13+,24-14+/t21-,25-,26-,27+,28+,30-/m1/s1. The highest BCUT2D eigenvalue weighted by Crippen LogP contribution is 2.59. The van der Waals surface area contributed by atoms with Crippen LogP contribution >= 0.6 is 0 Å². The van der Waals surface area contributed by atoms with E-state index in [1.165, 1.54) is 31.3 Å². The predicted molar refractivity (Wildman–Crippen MR) is 138 cm³/mol. The van der Waals surface area contributed by atoms with Gasteiger partial charge in [0.05, 0.1) is 17.8 Å². The van der Waals surface area contributed by atoms with Crippen LogP contribution < -0.4 is 0 Å². The van der Waals surface area contributed by atoms with E-state index in [-0.39, 0.29) is 0 Å². The van der Waals surface area contributed by atoms with E-state index in [0.29, 0.717) is 36.0 Å². The van der Waals surface area contributed by atoms with Gasteiger partial charge in [-0.1, -0.05) is 74.6 Å². The minimum atomic E-state index is -0.777. The molecule has 0 spiro atoms. The summed E-state index contributed by atoms with van der Waals surface area (Å²) in [5, 5.41) is 29.9.